The highest BCUT2D eigenvalue weighted by Crippen LogP contribution is 2.18. The first kappa shape index (κ1) is 14.0. The summed E-state index contributed by atoms with van der Waals surface area (Å²) in [4.78, 5) is 16.6. The van der Waals surface area contributed by atoms with E-state index in [0.717, 1.165) is 11.1 Å². The Morgan fingerprint density at radius 3 is 2.45 bits per heavy atom. The van der Waals surface area contributed by atoms with Crippen molar-refractivity contribution in [1.29, 1.82) is 0 Å². The zero-order chi connectivity index (χ0) is 15.4. The molecule has 22 heavy (non-hydrogen) atoms. The molecule has 0 saturated carbocycles. The number of carbonyl (C=O) groups is 1. The Morgan fingerprint density at radius 1 is 1.00 bits per heavy atom. The van der Waals surface area contributed by atoms with Crippen molar-refractivity contribution < 1.29 is 9.63 Å². The van der Waals surface area contributed by atoms with E-state index in [1.165, 1.54) is 5.56 Å². The van der Waals surface area contributed by atoms with Crippen LogP contribution < -0.4 is 0 Å². The molecule has 0 unspecified atom stereocenters. The predicted molar refractivity (Wildman–Crippen MR) is 87.4 cm³/mol. The van der Waals surface area contributed by atoms with Crippen LogP contribution in [0, 0.1) is 6.92 Å². The van der Waals surface area contributed by atoms with Crippen molar-refractivity contribution in [3.63, 3.8) is 0 Å². The first-order valence-corrected chi connectivity index (χ1v) is 7.04. The molecule has 0 spiro atoms. The van der Waals surface area contributed by atoms with Crippen LogP contribution >= 0.6 is 0 Å². The van der Waals surface area contributed by atoms with Gasteiger partial charge < -0.3 is 4.84 Å². The number of nitrogens with zero attached hydrogens (tertiary/aromatic N) is 1. The highest BCUT2D eigenvalue weighted by molar-refractivity contribution is 6.29. The fourth-order valence-corrected chi connectivity index (χ4v) is 2.17. The van der Waals surface area contributed by atoms with Crippen LogP contribution in [-0.4, -0.2) is 11.7 Å². The third-order valence-electron chi connectivity index (χ3n) is 3.37. The van der Waals surface area contributed by atoms with Gasteiger partial charge in [-0.3, -0.25) is 0 Å². The number of oxime groups is 1. The third-order valence-corrected chi connectivity index (χ3v) is 3.37. The molecular formula is C19H15NO2. The smallest absolute Gasteiger partial charge is 0.312 e. The van der Waals surface area contributed by atoms with Gasteiger partial charge in [-0.15, -0.1) is 0 Å². The molecule has 1 aliphatic rings. The molecular weight excluding hydrogens is 274 g/mol. The quantitative estimate of drug-likeness (QED) is 0.635. The second-order valence-corrected chi connectivity index (χ2v) is 5.03. The lowest BCUT2D eigenvalue weighted by Gasteiger charge is -1.98. The van der Waals surface area contributed by atoms with Crippen LogP contribution in [0.25, 0.3) is 6.08 Å². The zero-order valence-corrected chi connectivity index (χ0v) is 12.2. The molecule has 0 radical (unpaired) electrons. The van der Waals surface area contributed by atoms with E-state index in [1.807, 2.05) is 73.7 Å². The number of carbonyl (C=O) groups excluding carboxylic acids is 1. The first-order valence-electron chi connectivity index (χ1n) is 7.04. The summed E-state index contributed by atoms with van der Waals surface area (Å²) in [6.07, 6.45) is 5.52. The van der Waals surface area contributed by atoms with Gasteiger partial charge in [0.2, 0.25) is 0 Å². The fourth-order valence-electron chi connectivity index (χ4n) is 2.17. The summed E-state index contributed by atoms with van der Waals surface area (Å²) < 4.78 is 0. The summed E-state index contributed by atoms with van der Waals surface area (Å²) in [7, 11) is 0. The van der Waals surface area contributed by atoms with Gasteiger partial charge in [0.15, 0.2) is 0 Å². The van der Waals surface area contributed by atoms with Crippen molar-refractivity contribution in [2.24, 2.45) is 5.16 Å². The van der Waals surface area contributed by atoms with Gasteiger partial charge in [0, 0.05) is 5.56 Å². The highest BCUT2D eigenvalue weighted by atomic mass is 16.7. The molecule has 0 aromatic heterocycles. The molecule has 108 valence electrons. The van der Waals surface area contributed by atoms with E-state index in [4.69, 9.17) is 4.84 Å². The second kappa shape index (κ2) is 6.22. The molecule has 2 aromatic carbocycles. The van der Waals surface area contributed by atoms with Crippen LogP contribution in [0.4, 0.5) is 0 Å². The third kappa shape index (κ3) is 3.04. The molecule has 0 atom stereocenters. The Bertz CT molecular complexity index is 769. The van der Waals surface area contributed by atoms with Crippen LogP contribution in [0.2, 0.25) is 0 Å². The summed E-state index contributed by atoms with van der Waals surface area (Å²) in [6.45, 7) is 2.05. The van der Waals surface area contributed by atoms with Crippen LogP contribution in [0.5, 0.6) is 0 Å². The molecule has 3 heteroatoms. The lowest BCUT2D eigenvalue weighted by atomic mass is 10.0. The summed E-state index contributed by atoms with van der Waals surface area (Å²) >= 11 is 0. The Labute approximate surface area is 129 Å². The molecule has 1 heterocycles. The first-order chi connectivity index (χ1) is 10.7. The van der Waals surface area contributed by atoms with E-state index in [9.17, 15) is 4.79 Å². The van der Waals surface area contributed by atoms with Crippen molar-refractivity contribution in [2.75, 3.05) is 0 Å². The van der Waals surface area contributed by atoms with Crippen molar-refractivity contribution >= 4 is 17.8 Å². The van der Waals surface area contributed by atoms with Gasteiger partial charge in [0.05, 0.1) is 5.57 Å². The van der Waals surface area contributed by atoms with Crippen LogP contribution in [-0.2, 0) is 9.63 Å². The number of hydrogen-bond donors (Lipinski definition) is 0. The molecule has 0 bridgehead atoms. The molecule has 0 aliphatic carbocycles. The van der Waals surface area contributed by atoms with Crippen molar-refractivity contribution in [1.82, 2.24) is 0 Å². The van der Waals surface area contributed by atoms with Gasteiger partial charge in [0.1, 0.15) is 5.71 Å². The Kier molecular flexibility index (Phi) is 3.97. The minimum atomic E-state index is -0.424. The van der Waals surface area contributed by atoms with Crippen molar-refractivity contribution in [3.05, 3.63) is 89.0 Å². The average Bonchev–Trinajstić information content (AvgIpc) is 2.91. The predicted octanol–water partition coefficient (Wildman–Crippen LogP) is 3.90. The van der Waals surface area contributed by atoms with Gasteiger partial charge in [-0.25, -0.2) is 4.79 Å². The number of rotatable bonds is 3. The van der Waals surface area contributed by atoms with Gasteiger partial charge >= 0.3 is 5.97 Å². The van der Waals surface area contributed by atoms with Crippen molar-refractivity contribution in [3.8, 4) is 0 Å². The van der Waals surface area contributed by atoms with Crippen LogP contribution in [0.3, 0.4) is 0 Å². The van der Waals surface area contributed by atoms with Gasteiger partial charge in [-0.1, -0.05) is 77.5 Å². The largest absolute Gasteiger partial charge is 0.368 e. The fraction of sp³-hybridized carbons (Fsp3) is 0.0526. The molecule has 0 fully saturated rings. The molecule has 0 saturated heterocycles. The zero-order valence-electron chi connectivity index (χ0n) is 12.2. The summed E-state index contributed by atoms with van der Waals surface area (Å²) in [5.41, 5.74) is 4.19. The van der Waals surface area contributed by atoms with E-state index in [-0.39, 0.29) is 0 Å². The Morgan fingerprint density at radius 2 is 1.73 bits per heavy atom. The molecule has 2 aromatic rings. The Balaban J connectivity index is 1.84. The standard InChI is InChI=1S/C19H15NO2/c1-14-10-12-15(13-11-14)6-5-9-17-18(20-22-19(17)21)16-7-3-2-4-8-16/h2-13H,1H3/b6-5+,17-9-. The molecule has 3 nitrogen and oxygen atoms in total. The number of allylic oxidation sites excluding steroid dienone is 2. The maximum atomic E-state index is 11.8. The highest BCUT2D eigenvalue weighted by Gasteiger charge is 2.25. The van der Waals surface area contributed by atoms with Crippen LogP contribution in [0.15, 0.2) is 77.5 Å². The van der Waals surface area contributed by atoms with Gasteiger partial charge in [-0.05, 0) is 18.6 Å². The van der Waals surface area contributed by atoms with E-state index in [0.29, 0.717) is 11.3 Å². The second-order valence-electron chi connectivity index (χ2n) is 5.03. The summed E-state index contributed by atoms with van der Waals surface area (Å²) in [5, 5.41) is 3.87. The lowest BCUT2D eigenvalue weighted by molar-refractivity contribution is -0.136. The van der Waals surface area contributed by atoms with Crippen molar-refractivity contribution in [2.45, 2.75) is 6.92 Å². The molecule has 0 N–H and O–H groups in total. The number of benzene rings is 2. The topological polar surface area (TPSA) is 38.7 Å². The summed E-state index contributed by atoms with van der Waals surface area (Å²) in [5.74, 6) is -0.424. The average molecular weight is 289 g/mol. The molecule has 0 amide bonds. The van der Waals surface area contributed by atoms with Gasteiger partial charge in [0.25, 0.3) is 0 Å². The van der Waals surface area contributed by atoms with E-state index < -0.39 is 5.97 Å². The lowest BCUT2D eigenvalue weighted by Crippen LogP contribution is -2.06. The number of hydrogen-bond acceptors (Lipinski definition) is 3. The normalized spacial score (nSPS) is 16.1. The molecule has 3 rings (SSSR count). The van der Waals surface area contributed by atoms with E-state index >= 15 is 0 Å². The van der Waals surface area contributed by atoms with Gasteiger partial charge in [-0.2, -0.15) is 0 Å². The minimum absolute atomic E-state index is 0.424. The monoisotopic (exact) mass is 289 g/mol. The van der Waals surface area contributed by atoms with E-state index in [2.05, 4.69) is 5.16 Å². The summed E-state index contributed by atoms with van der Waals surface area (Å²) in [6, 6.07) is 17.7. The van der Waals surface area contributed by atoms with E-state index in [1.54, 1.807) is 6.08 Å². The number of aryl methyl sites for hydroxylation is 1. The Hall–Kier alpha value is -2.94. The SMILES string of the molecule is Cc1ccc(/C=C/C=C2\C(=O)ON=C2c2ccccc2)cc1. The maximum absolute atomic E-state index is 11.8. The molecule has 1 aliphatic heterocycles. The minimum Gasteiger partial charge on any atom is -0.312 e. The van der Waals surface area contributed by atoms with Crippen LogP contribution in [0.1, 0.15) is 16.7 Å². The maximum Gasteiger partial charge on any atom is 0.368 e.